The van der Waals surface area contributed by atoms with Crippen molar-refractivity contribution in [1.82, 2.24) is 15.5 Å². The van der Waals surface area contributed by atoms with Crippen LogP contribution in [-0.4, -0.2) is 62.4 Å². The number of para-hydroxylation sites is 1. The number of hydrogen-bond acceptors (Lipinski definition) is 4. The lowest BCUT2D eigenvalue weighted by atomic mass is 9.93. The van der Waals surface area contributed by atoms with Crippen LogP contribution in [0.4, 0.5) is 0 Å². The van der Waals surface area contributed by atoms with Gasteiger partial charge < -0.3 is 25.4 Å². The number of guanidine groups is 1. The van der Waals surface area contributed by atoms with Crippen molar-refractivity contribution in [2.24, 2.45) is 4.99 Å². The SMILES string of the molecule is CCNC(=NCC(c1ccccc1OC)N(C)C)NC1CCC(O)CC1.I. The lowest BCUT2D eigenvalue weighted by Gasteiger charge is -2.28. The fourth-order valence-corrected chi connectivity index (χ4v) is 3.39. The van der Waals surface area contributed by atoms with Crippen LogP contribution in [0, 0.1) is 0 Å². The predicted octanol–water partition coefficient (Wildman–Crippen LogP) is 2.77. The molecule has 1 aliphatic rings. The first-order chi connectivity index (χ1) is 12.5. The van der Waals surface area contributed by atoms with Crippen molar-refractivity contribution >= 4 is 29.9 Å². The maximum Gasteiger partial charge on any atom is 0.191 e. The zero-order valence-electron chi connectivity index (χ0n) is 16.9. The van der Waals surface area contributed by atoms with Crippen LogP contribution in [0.15, 0.2) is 29.3 Å². The van der Waals surface area contributed by atoms with E-state index >= 15 is 0 Å². The summed E-state index contributed by atoms with van der Waals surface area (Å²) in [4.78, 5) is 7.00. The molecule has 154 valence electrons. The van der Waals surface area contributed by atoms with Gasteiger partial charge in [-0.3, -0.25) is 4.99 Å². The Balaban J connectivity index is 0.00000364. The Bertz CT molecular complexity index is 575. The molecule has 1 saturated carbocycles. The van der Waals surface area contributed by atoms with Gasteiger partial charge in [-0.15, -0.1) is 24.0 Å². The minimum atomic E-state index is -0.142. The lowest BCUT2D eigenvalue weighted by molar-refractivity contribution is 0.120. The van der Waals surface area contributed by atoms with Gasteiger partial charge in [0.2, 0.25) is 0 Å². The molecule has 1 fully saturated rings. The first kappa shape index (κ1) is 24.0. The third-order valence-corrected chi connectivity index (χ3v) is 4.93. The molecule has 3 N–H and O–H groups in total. The average molecular weight is 490 g/mol. The molecule has 1 aromatic carbocycles. The number of halogens is 1. The molecule has 0 aliphatic heterocycles. The van der Waals surface area contributed by atoms with E-state index in [0.29, 0.717) is 12.6 Å². The lowest BCUT2D eigenvalue weighted by Crippen LogP contribution is -2.45. The van der Waals surface area contributed by atoms with Crippen molar-refractivity contribution in [3.8, 4) is 5.75 Å². The number of nitrogens with zero attached hydrogens (tertiary/aromatic N) is 2. The third-order valence-electron chi connectivity index (χ3n) is 4.93. The molecule has 0 radical (unpaired) electrons. The summed E-state index contributed by atoms with van der Waals surface area (Å²) < 4.78 is 5.53. The van der Waals surface area contributed by atoms with Crippen molar-refractivity contribution < 1.29 is 9.84 Å². The zero-order valence-corrected chi connectivity index (χ0v) is 19.3. The fourth-order valence-electron chi connectivity index (χ4n) is 3.39. The number of nitrogens with one attached hydrogen (secondary N) is 2. The number of aliphatic hydroxyl groups is 1. The standard InChI is InChI=1S/C20H34N4O2.HI/c1-5-21-20(23-15-10-12-16(25)13-11-15)22-14-18(24(2)3)17-8-6-7-9-19(17)26-4;/h6-9,15-16,18,25H,5,10-14H2,1-4H3,(H2,21,22,23);1H. The minimum Gasteiger partial charge on any atom is -0.496 e. The summed E-state index contributed by atoms with van der Waals surface area (Å²) in [6.07, 6.45) is 3.54. The van der Waals surface area contributed by atoms with Crippen LogP contribution in [0.3, 0.4) is 0 Å². The minimum absolute atomic E-state index is 0. The summed E-state index contributed by atoms with van der Waals surface area (Å²) in [5, 5.41) is 16.6. The molecule has 0 bridgehead atoms. The van der Waals surface area contributed by atoms with Gasteiger partial charge in [-0.25, -0.2) is 0 Å². The van der Waals surface area contributed by atoms with Crippen LogP contribution >= 0.6 is 24.0 Å². The summed E-state index contributed by atoms with van der Waals surface area (Å²) in [5.41, 5.74) is 1.14. The van der Waals surface area contributed by atoms with Gasteiger partial charge >= 0.3 is 0 Å². The van der Waals surface area contributed by atoms with Gasteiger partial charge in [0.1, 0.15) is 5.75 Å². The first-order valence-electron chi connectivity index (χ1n) is 9.57. The Labute approximate surface area is 180 Å². The summed E-state index contributed by atoms with van der Waals surface area (Å²) >= 11 is 0. The highest BCUT2D eigenvalue weighted by molar-refractivity contribution is 14.0. The van der Waals surface area contributed by atoms with E-state index in [4.69, 9.17) is 9.73 Å². The van der Waals surface area contributed by atoms with E-state index in [1.54, 1.807) is 7.11 Å². The van der Waals surface area contributed by atoms with Crippen molar-refractivity contribution in [2.75, 3.05) is 34.3 Å². The smallest absolute Gasteiger partial charge is 0.191 e. The van der Waals surface area contributed by atoms with E-state index in [9.17, 15) is 5.11 Å². The van der Waals surface area contributed by atoms with E-state index < -0.39 is 0 Å². The number of methoxy groups -OCH3 is 1. The van der Waals surface area contributed by atoms with Gasteiger partial charge in [-0.1, -0.05) is 18.2 Å². The van der Waals surface area contributed by atoms with Gasteiger partial charge in [0.05, 0.1) is 25.8 Å². The highest BCUT2D eigenvalue weighted by atomic mass is 127. The van der Waals surface area contributed by atoms with Gasteiger partial charge in [-0.05, 0) is 52.8 Å². The Morgan fingerprint density at radius 2 is 1.93 bits per heavy atom. The first-order valence-corrected chi connectivity index (χ1v) is 9.57. The second-order valence-electron chi connectivity index (χ2n) is 7.09. The van der Waals surface area contributed by atoms with Crippen LogP contribution < -0.4 is 15.4 Å². The molecule has 1 atom stereocenters. The van der Waals surface area contributed by atoms with E-state index in [2.05, 4.69) is 42.6 Å². The summed E-state index contributed by atoms with van der Waals surface area (Å²) in [7, 11) is 5.84. The van der Waals surface area contributed by atoms with Crippen molar-refractivity contribution in [2.45, 2.75) is 50.8 Å². The molecule has 1 aromatic rings. The average Bonchev–Trinajstić information content (AvgIpc) is 2.64. The molecule has 0 aromatic heterocycles. The van der Waals surface area contributed by atoms with Crippen LogP contribution in [0.5, 0.6) is 5.75 Å². The molecule has 27 heavy (non-hydrogen) atoms. The Morgan fingerprint density at radius 1 is 1.26 bits per heavy atom. The fraction of sp³-hybridized carbons (Fsp3) is 0.650. The normalized spacial score (nSPS) is 21.3. The molecule has 0 saturated heterocycles. The van der Waals surface area contributed by atoms with E-state index in [-0.39, 0.29) is 36.1 Å². The van der Waals surface area contributed by atoms with Gasteiger partial charge in [-0.2, -0.15) is 0 Å². The van der Waals surface area contributed by atoms with Crippen LogP contribution in [-0.2, 0) is 0 Å². The van der Waals surface area contributed by atoms with Crippen LogP contribution in [0.2, 0.25) is 0 Å². The summed E-state index contributed by atoms with van der Waals surface area (Å²) in [5.74, 6) is 1.73. The van der Waals surface area contributed by atoms with Crippen molar-refractivity contribution in [3.05, 3.63) is 29.8 Å². The Morgan fingerprint density at radius 3 is 2.52 bits per heavy atom. The monoisotopic (exact) mass is 490 g/mol. The van der Waals surface area contributed by atoms with E-state index in [1.807, 2.05) is 18.2 Å². The molecule has 2 rings (SSSR count). The molecule has 0 heterocycles. The largest absolute Gasteiger partial charge is 0.496 e. The predicted molar refractivity (Wildman–Crippen MR) is 122 cm³/mol. The maximum absolute atomic E-state index is 9.69. The Kier molecular flexibility index (Phi) is 11.0. The molecule has 0 spiro atoms. The van der Waals surface area contributed by atoms with Gasteiger partial charge in [0, 0.05) is 18.2 Å². The third kappa shape index (κ3) is 7.46. The highest BCUT2D eigenvalue weighted by Gasteiger charge is 2.21. The number of hydrogen-bond donors (Lipinski definition) is 3. The number of ether oxygens (including phenoxy) is 1. The maximum atomic E-state index is 9.69. The summed E-state index contributed by atoms with van der Waals surface area (Å²) in [6, 6.07) is 8.62. The molecular formula is C20H35IN4O2. The summed E-state index contributed by atoms with van der Waals surface area (Å²) in [6.45, 7) is 3.53. The highest BCUT2D eigenvalue weighted by Crippen LogP contribution is 2.28. The second-order valence-corrected chi connectivity index (χ2v) is 7.09. The number of aliphatic imine (C=N–C) groups is 1. The number of aliphatic hydroxyl groups excluding tert-OH is 1. The molecule has 0 amide bonds. The van der Waals surface area contributed by atoms with Crippen LogP contribution in [0.25, 0.3) is 0 Å². The zero-order chi connectivity index (χ0) is 18.9. The number of rotatable bonds is 7. The van der Waals surface area contributed by atoms with Crippen LogP contribution in [0.1, 0.15) is 44.2 Å². The van der Waals surface area contributed by atoms with Gasteiger partial charge in [0.15, 0.2) is 5.96 Å². The molecule has 1 unspecified atom stereocenters. The quantitative estimate of drug-likeness (QED) is 0.312. The molecule has 7 heteroatoms. The Hall–Kier alpha value is -1.06. The number of benzene rings is 1. The van der Waals surface area contributed by atoms with Crippen molar-refractivity contribution in [1.29, 1.82) is 0 Å². The molecular weight excluding hydrogens is 455 g/mol. The van der Waals surface area contributed by atoms with Crippen molar-refractivity contribution in [3.63, 3.8) is 0 Å². The molecule has 6 nitrogen and oxygen atoms in total. The van der Waals surface area contributed by atoms with E-state index in [0.717, 1.165) is 49.5 Å². The molecule has 1 aliphatic carbocycles. The topological polar surface area (TPSA) is 69.1 Å². The second kappa shape index (κ2) is 12.4. The number of likely N-dealkylation sites (N-methyl/N-ethyl adjacent to an activating group) is 1. The van der Waals surface area contributed by atoms with Gasteiger partial charge in [0.25, 0.3) is 0 Å². The van der Waals surface area contributed by atoms with E-state index in [1.165, 1.54) is 0 Å².